The second-order valence-electron chi connectivity index (χ2n) is 6.46. The van der Waals surface area contributed by atoms with Crippen LogP contribution in [0.2, 0.25) is 0 Å². The summed E-state index contributed by atoms with van der Waals surface area (Å²) in [7, 11) is 1.69. The minimum absolute atomic E-state index is 0.151. The van der Waals surface area contributed by atoms with Crippen molar-refractivity contribution in [2.45, 2.75) is 25.8 Å². The summed E-state index contributed by atoms with van der Waals surface area (Å²) in [5.41, 5.74) is 1.87. The quantitative estimate of drug-likeness (QED) is 0.696. The molecule has 1 saturated heterocycles. The highest BCUT2D eigenvalue weighted by Crippen LogP contribution is 2.29. The Labute approximate surface area is 151 Å². The Morgan fingerprint density at radius 1 is 1.16 bits per heavy atom. The van der Waals surface area contributed by atoms with Crippen LogP contribution in [0, 0.1) is 0 Å². The number of carbonyl (C=O) groups is 1. The summed E-state index contributed by atoms with van der Waals surface area (Å²) in [5, 5.41) is 3.22. The third-order valence-corrected chi connectivity index (χ3v) is 5.84. The second-order valence-corrected chi connectivity index (χ2v) is 7.36. The predicted octanol–water partition coefficient (Wildman–Crippen LogP) is 4.39. The van der Waals surface area contributed by atoms with Crippen molar-refractivity contribution in [2.24, 2.45) is 0 Å². The van der Waals surface area contributed by atoms with Crippen LogP contribution in [0.15, 0.2) is 41.8 Å². The number of ether oxygens (including phenoxy) is 1. The molecule has 2 aromatic heterocycles. The molecule has 0 radical (unpaired) electrons. The number of amides is 1. The third kappa shape index (κ3) is 3.04. The minimum atomic E-state index is 0.151. The van der Waals surface area contributed by atoms with Crippen molar-refractivity contribution in [1.29, 1.82) is 0 Å². The summed E-state index contributed by atoms with van der Waals surface area (Å²) in [6.07, 6.45) is 3.43. The van der Waals surface area contributed by atoms with E-state index in [1.54, 1.807) is 18.4 Å². The minimum Gasteiger partial charge on any atom is -0.496 e. The summed E-state index contributed by atoms with van der Waals surface area (Å²) < 4.78 is 7.65. The zero-order valence-corrected chi connectivity index (χ0v) is 15.2. The van der Waals surface area contributed by atoms with E-state index in [0.717, 1.165) is 53.2 Å². The molecule has 5 heteroatoms. The molecule has 1 amide bonds. The van der Waals surface area contributed by atoms with Crippen molar-refractivity contribution in [2.75, 3.05) is 20.2 Å². The van der Waals surface area contributed by atoms with Gasteiger partial charge in [-0.15, -0.1) is 11.3 Å². The van der Waals surface area contributed by atoms with Gasteiger partial charge in [0, 0.05) is 24.0 Å². The average Bonchev–Trinajstić information content (AvgIpc) is 3.25. The van der Waals surface area contributed by atoms with Gasteiger partial charge in [0.05, 0.1) is 13.7 Å². The van der Waals surface area contributed by atoms with Gasteiger partial charge in [-0.05, 0) is 42.8 Å². The van der Waals surface area contributed by atoms with Crippen LogP contribution in [0.1, 0.15) is 35.3 Å². The summed E-state index contributed by atoms with van der Waals surface area (Å²) in [6, 6.07) is 12.1. The van der Waals surface area contributed by atoms with Crippen LogP contribution < -0.4 is 4.74 Å². The Morgan fingerprint density at radius 2 is 1.96 bits per heavy atom. The maximum absolute atomic E-state index is 13.1. The number of piperidine rings is 1. The molecule has 25 heavy (non-hydrogen) atoms. The molecule has 1 aromatic carbocycles. The maximum atomic E-state index is 13.1. The van der Waals surface area contributed by atoms with Gasteiger partial charge in [0.25, 0.3) is 5.91 Å². The number of methoxy groups -OCH3 is 1. The number of carbonyl (C=O) groups excluding carboxylic acids is 1. The highest BCUT2D eigenvalue weighted by Gasteiger charge is 2.23. The van der Waals surface area contributed by atoms with Crippen molar-refractivity contribution < 1.29 is 9.53 Å². The number of para-hydroxylation sites is 1. The normalized spacial score (nSPS) is 14.8. The molecule has 3 heterocycles. The standard InChI is InChI=1S/C20H22N2O2S/c1-24-18-8-4-3-7-16(18)14-22-17(13-15-9-12-25-20(15)22)19(23)21-10-5-2-6-11-21/h3-4,7-9,12-13H,2,5-6,10-11,14H2,1H3. The first-order valence-corrected chi connectivity index (χ1v) is 9.64. The number of fused-ring (bicyclic) bond motifs is 1. The Hall–Kier alpha value is -2.27. The molecular formula is C20H22N2O2S. The van der Waals surface area contributed by atoms with E-state index >= 15 is 0 Å². The number of aromatic nitrogens is 1. The first kappa shape index (κ1) is 16.2. The second kappa shape index (κ2) is 6.92. The summed E-state index contributed by atoms with van der Waals surface area (Å²) in [5.74, 6) is 1.01. The van der Waals surface area contributed by atoms with E-state index < -0.39 is 0 Å². The fraction of sp³-hybridized carbons (Fsp3) is 0.350. The van der Waals surface area contributed by atoms with Crippen LogP contribution in [-0.2, 0) is 6.54 Å². The SMILES string of the molecule is COc1ccccc1Cn1c(C(=O)N2CCCCC2)cc2ccsc21. The smallest absolute Gasteiger partial charge is 0.270 e. The van der Waals surface area contributed by atoms with Gasteiger partial charge in [0.2, 0.25) is 0 Å². The third-order valence-electron chi connectivity index (χ3n) is 4.89. The van der Waals surface area contributed by atoms with Gasteiger partial charge in [0.1, 0.15) is 16.3 Å². The number of rotatable bonds is 4. The zero-order chi connectivity index (χ0) is 17.2. The average molecular weight is 354 g/mol. The highest BCUT2D eigenvalue weighted by atomic mass is 32.1. The molecule has 0 unspecified atom stereocenters. The summed E-state index contributed by atoms with van der Waals surface area (Å²) in [6.45, 7) is 2.38. The lowest BCUT2D eigenvalue weighted by Gasteiger charge is -2.27. The fourth-order valence-electron chi connectivity index (χ4n) is 3.57. The lowest BCUT2D eigenvalue weighted by molar-refractivity contribution is 0.0714. The molecule has 130 valence electrons. The highest BCUT2D eigenvalue weighted by molar-refractivity contribution is 7.16. The largest absolute Gasteiger partial charge is 0.496 e. The number of likely N-dealkylation sites (tertiary alicyclic amines) is 1. The van der Waals surface area contributed by atoms with Gasteiger partial charge < -0.3 is 14.2 Å². The fourth-order valence-corrected chi connectivity index (χ4v) is 4.47. The van der Waals surface area contributed by atoms with Crippen molar-refractivity contribution in [3.05, 3.63) is 53.0 Å². The number of benzene rings is 1. The van der Waals surface area contributed by atoms with Crippen molar-refractivity contribution in [3.8, 4) is 5.75 Å². The molecule has 0 N–H and O–H groups in total. The molecular weight excluding hydrogens is 332 g/mol. The van der Waals surface area contributed by atoms with Crippen LogP contribution in [0.5, 0.6) is 5.75 Å². The summed E-state index contributed by atoms with van der Waals surface area (Å²) in [4.78, 5) is 16.3. The topological polar surface area (TPSA) is 34.5 Å². The molecule has 0 bridgehead atoms. The van der Waals surface area contributed by atoms with E-state index in [1.165, 1.54) is 6.42 Å². The number of hydrogen-bond donors (Lipinski definition) is 0. The van der Waals surface area contributed by atoms with E-state index in [1.807, 2.05) is 29.2 Å². The van der Waals surface area contributed by atoms with Gasteiger partial charge in [-0.3, -0.25) is 4.79 Å². The molecule has 4 rings (SSSR count). The first-order valence-electron chi connectivity index (χ1n) is 8.76. The van der Waals surface area contributed by atoms with Crippen LogP contribution in [0.4, 0.5) is 0 Å². The Balaban J connectivity index is 1.74. The van der Waals surface area contributed by atoms with Gasteiger partial charge >= 0.3 is 0 Å². The zero-order valence-electron chi connectivity index (χ0n) is 14.4. The van der Waals surface area contributed by atoms with E-state index in [0.29, 0.717) is 6.54 Å². The van der Waals surface area contributed by atoms with Gasteiger partial charge in [0.15, 0.2) is 0 Å². The lowest BCUT2D eigenvalue weighted by atomic mass is 10.1. The Bertz CT molecular complexity index is 890. The maximum Gasteiger partial charge on any atom is 0.270 e. The first-order chi connectivity index (χ1) is 12.3. The Kier molecular flexibility index (Phi) is 4.49. The lowest BCUT2D eigenvalue weighted by Crippen LogP contribution is -2.36. The van der Waals surface area contributed by atoms with E-state index in [9.17, 15) is 4.79 Å². The van der Waals surface area contributed by atoms with Crippen LogP contribution >= 0.6 is 11.3 Å². The molecule has 0 spiro atoms. The van der Waals surface area contributed by atoms with E-state index in [4.69, 9.17) is 4.74 Å². The van der Waals surface area contributed by atoms with E-state index in [-0.39, 0.29) is 5.91 Å². The molecule has 1 fully saturated rings. The molecule has 3 aromatic rings. The molecule has 0 saturated carbocycles. The van der Waals surface area contributed by atoms with Crippen molar-refractivity contribution >= 4 is 27.5 Å². The molecule has 1 aliphatic heterocycles. The van der Waals surface area contributed by atoms with E-state index in [2.05, 4.69) is 22.1 Å². The van der Waals surface area contributed by atoms with Gasteiger partial charge in [-0.25, -0.2) is 0 Å². The molecule has 4 nitrogen and oxygen atoms in total. The monoisotopic (exact) mass is 354 g/mol. The van der Waals surface area contributed by atoms with Gasteiger partial charge in [-0.1, -0.05) is 18.2 Å². The molecule has 0 atom stereocenters. The van der Waals surface area contributed by atoms with Crippen molar-refractivity contribution in [1.82, 2.24) is 9.47 Å². The van der Waals surface area contributed by atoms with Crippen LogP contribution in [0.3, 0.4) is 0 Å². The van der Waals surface area contributed by atoms with Crippen LogP contribution in [0.25, 0.3) is 10.2 Å². The molecule has 1 aliphatic rings. The van der Waals surface area contributed by atoms with Crippen LogP contribution in [-0.4, -0.2) is 35.6 Å². The summed E-state index contributed by atoms with van der Waals surface area (Å²) >= 11 is 1.68. The number of hydrogen-bond acceptors (Lipinski definition) is 3. The predicted molar refractivity (Wildman–Crippen MR) is 102 cm³/mol. The van der Waals surface area contributed by atoms with Crippen molar-refractivity contribution in [3.63, 3.8) is 0 Å². The Morgan fingerprint density at radius 3 is 2.76 bits per heavy atom. The van der Waals surface area contributed by atoms with Gasteiger partial charge in [-0.2, -0.15) is 0 Å². The molecule has 0 aliphatic carbocycles. The number of nitrogens with zero attached hydrogens (tertiary/aromatic N) is 2. The number of thiophene rings is 1.